The van der Waals surface area contributed by atoms with Gasteiger partial charge in [0, 0.05) is 10.6 Å². The summed E-state index contributed by atoms with van der Waals surface area (Å²) in [6.07, 6.45) is 4.96. The van der Waals surface area contributed by atoms with Crippen LogP contribution in [0, 0.1) is 0 Å². The minimum Gasteiger partial charge on any atom is -0.377 e. The number of benzene rings is 1. The van der Waals surface area contributed by atoms with Gasteiger partial charge in [-0.25, -0.2) is 0 Å². The predicted octanol–water partition coefficient (Wildman–Crippen LogP) is 4.80. The van der Waals surface area contributed by atoms with Crippen molar-refractivity contribution >= 4 is 17.0 Å². The normalized spacial score (nSPS) is 15.4. The first kappa shape index (κ1) is 11.8. The molecule has 1 aliphatic carbocycles. The van der Waals surface area contributed by atoms with Crippen LogP contribution in [0.25, 0.3) is 0 Å². The number of hydrogen-bond donors (Lipinski definition) is 1. The number of aryl methyl sites for hydroxylation is 2. The smallest absolute Gasteiger partial charge is 0.0603 e. The lowest BCUT2D eigenvalue weighted by molar-refractivity contribution is 0.764. The van der Waals surface area contributed by atoms with E-state index in [2.05, 4.69) is 48.0 Å². The first-order valence-electron chi connectivity index (χ1n) is 6.78. The van der Waals surface area contributed by atoms with Crippen LogP contribution in [-0.4, -0.2) is 0 Å². The van der Waals surface area contributed by atoms with Crippen molar-refractivity contribution in [2.45, 2.75) is 38.6 Å². The second-order valence-electron chi connectivity index (χ2n) is 4.96. The summed E-state index contributed by atoms with van der Waals surface area (Å²) in [7, 11) is 0. The van der Waals surface area contributed by atoms with E-state index in [0.29, 0.717) is 6.04 Å². The summed E-state index contributed by atoms with van der Waals surface area (Å²) in [5.41, 5.74) is 4.36. The fraction of sp³-hybridized carbons (Fsp3) is 0.375. The van der Waals surface area contributed by atoms with E-state index < -0.39 is 0 Å². The molecule has 1 nitrogen and oxygen atoms in total. The summed E-state index contributed by atoms with van der Waals surface area (Å²) in [5, 5.41) is 5.83. The molecule has 1 aromatic carbocycles. The fourth-order valence-corrected chi connectivity index (χ4v) is 3.59. The quantitative estimate of drug-likeness (QED) is 0.829. The lowest BCUT2D eigenvalue weighted by Gasteiger charge is -2.17. The van der Waals surface area contributed by atoms with Gasteiger partial charge in [0.25, 0.3) is 0 Å². The van der Waals surface area contributed by atoms with Crippen LogP contribution >= 0.6 is 11.3 Å². The zero-order valence-corrected chi connectivity index (χ0v) is 11.6. The van der Waals surface area contributed by atoms with Crippen LogP contribution < -0.4 is 5.32 Å². The Labute approximate surface area is 113 Å². The number of nitrogens with one attached hydrogen (secondary N) is 1. The van der Waals surface area contributed by atoms with Crippen LogP contribution in [0.2, 0.25) is 0 Å². The van der Waals surface area contributed by atoms with Crippen molar-refractivity contribution in [3.8, 4) is 0 Å². The van der Waals surface area contributed by atoms with Crippen molar-refractivity contribution in [1.29, 1.82) is 0 Å². The van der Waals surface area contributed by atoms with Crippen molar-refractivity contribution < 1.29 is 0 Å². The Morgan fingerprint density at radius 3 is 2.89 bits per heavy atom. The number of hydrogen-bond acceptors (Lipinski definition) is 2. The summed E-state index contributed by atoms with van der Waals surface area (Å²) in [6.45, 7) is 2.24. The number of fused-ring (bicyclic) bond motifs is 1. The van der Waals surface area contributed by atoms with E-state index in [-0.39, 0.29) is 0 Å². The van der Waals surface area contributed by atoms with E-state index in [1.165, 1.54) is 29.8 Å². The minimum absolute atomic E-state index is 0.449. The molecule has 0 saturated carbocycles. The molecule has 18 heavy (non-hydrogen) atoms. The molecule has 0 amide bonds. The van der Waals surface area contributed by atoms with Crippen LogP contribution in [0.5, 0.6) is 0 Å². The van der Waals surface area contributed by atoms with Crippen molar-refractivity contribution in [2.24, 2.45) is 0 Å². The van der Waals surface area contributed by atoms with Gasteiger partial charge in [0.05, 0.1) is 6.04 Å². The van der Waals surface area contributed by atoms with E-state index in [1.807, 2.05) is 11.3 Å². The number of thiophene rings is 1. The maximum atomic E-state index is 3.67. The Hall–Kier alpha value is -1.28. The van der Waals surface area contributed by atoms with Crippen molar-refractivity contribution in [1.82, 2.24) is 0 Å². The van der Waals surface area contributed by atoms with Crippen molar-refractivity contribution in [3.63, 3.8) is 0 Å². The molecular weight excluding hydrogens is 238 g/mol. The molecule has 0 spiro atoms. The average molecular weight is 257 g/mol. The third-order valence-electron chi connectivity index (χ3n) is 3.73. The highest BCUT2D eigenvalue weighted by Gasteiger charge is 2.13. The number of anilines is 1. The van der Waals surface area contributed by atoms with Gasteiger partial charge >= 0.3 is 0 Å². The van der Waals surface area contributed by atoms with E-state index in [4.69, 9.17) is 0 Å². The third-order valence-corrected chi connectivity index (χ3v) is 4.72. The first-order valence-corrected chi connectivity index (χ1v) is 7.66. The average Bonchev–Trinajstić information content (AvgIpc) is 3.06. The maximum Gasteiger partial charge on any atom is 0.0603 e. The summed E-state index contributed by atoms with van der Waals surface area (Å²) >= 11 is 1.84. The molecular formula is C16H19NS. The maximum absolute atomic E-state index is 3.67. The molecule has 1 atom stereocenters. The molecule has 1 aliphatic rings. The summed E-state index contributed by atoms with van der Waals surface area (Å²) < 4.78 is 0. The summed E-state index contributed by atoms with van der Waals surface area (Å²) in [4.78, 5) is 1.43. The Morgan fingerprint density at radius 2 is 2.11 bits per heavy atom. The summed E-state index contributed by atoms with van der Waals surface area (Å²) in [5.74, 6) is 0. The molecule has 3 rings (SSSR count). The largest absolute Gasteiger partial charge is 0.377 e. The topological polar surface area (TPSA) is 12.0 Å². The van der Waals surface area contributed by atoms with Crippen LogP contribution in [-0.2, 0) is 12.8 Å². The van der Waals surface area contributed by atoms with Crippen LogP contribution in [0.3, 0.4) is 0 Å². The first-order chi connectivity index (χ1) is 8.86. The van der Waals surface area contributed by atoms with Gasteiger partial charge in [-0.3, -0.25) is 0 Å². The monoisotopic (exact) mass is 257 g/mol. The lowest BCUT2D eigenvalue weighted by Crippen LogP contribution is -2.08. The second kappa shape index (κ2) is 5.15. The molecule has 0 aliphatic heterocycles. The van der Waals surface area contributed by atoms with Gasteiger partial charge in [-0.05, 0) is 60.4 Å². The van der Waals surface area contributed by atoms with Gasteiger partial charge in [-0.1, -0.05) is 19.1 Å². The minimum atomic E-state index is 0.449. The zero-order chi connectivity index (χ0) is 12.4. The van der Waals surface area contributed by atoms with Gasteiger partial charge in [0.1, 0.15) is 0 Å². The zero-order valence-electron chi connectivity index (χ0n) is 10.8. The highest BCUT2D eigenvalue weighted by Crippen LogP contribution is 2.29. The van der Waals surface area contributed by atoms with E-state index >= 15 is 0 Å². The van der Waals surface area contributed by atoms with Crippen molar-refractivity contribution in [2.75, 3.05) is 5.32 Å². The molecule has 94 valence electrons. The molecule has 2 aromatic rings. The van der Waals surface area contributed by atoms with Gasteiger partial charge in [0.15, 0.2) is 0 Å². The Kier molecular flexibility index (Phi) is 3.37. The SMILES string of the molecule is CCC(Nc1ccc2c(c1)CCC2)c1cccs1. The predicted molar refractivity (Wildman–Crippen MR) is 79.4 cm³/mol. The van der Waals surface area contributed by atoms with Gasteiger partial charge < -0.3 is 5.32 Å². The molecule has 1 heterocycles. The number of rotatable bonds is 4. The highest BCUT2D eigenvalue weighted by molar-refractivity contribution is 7.10. The third kappa shape index (κ3) is 2.30. The Morgan fingerprint density at radius 1 is 1.22 bits per heavy atom. The van der Waals surface area contributed by atoms with Crippen LogP contribution in [0.15, 0.2) is 35.7 Å². The molecule has 1 unspecified atom stereocenters. The Balaban J connectivity index is 1.79. The molecule has 2 heteroatoms. The van der Waals surface area contributed by atoms with Gasteiger partial charge in [0.2, 0.25) is 0 Å². The van der Waals surface area contributed by atoms with Crippen molar-refractivity contribution in [3.05, 3.63) is 51.7 Å². The van der Waals surface area contributed by atoms with E-state index in [9.17, 15) is 0 Å². The molecule has 1 aromatic heterocycles. The lowest BCUT2D eigenvalue weighted by atomic mass is 10.1. The highest BCUT2D eigenvalue weighted by atomic mass is 32.1. The van der Waals surface area contributed by atoms with Crippen LogP contribution in [0.4, 0.5) is 5.69 Å². The van der Waals surface area contributed by atoms with E-state index in [0.717, 1.165) is 6.42 Å². The molecule has 0 saturated heterocycles. The fourth-order valence-electron chi connectivity index (χ4n) is 2.73. The second-order valence-corrected chi connectivity index (χ2v) is 5.94. The Bertz CT molecular complexity index is 516. The van der Waals surface area contributed by atoms with E-state index in [1.54, 1.807) is 11.1 Å². The van der Waals surface area contributed by atoms with Gasteiger partial charge in [-0.15, -0.1) is 11.3 Å². The molecule has 0 bridgehead atoms. The van der Waals surface area contributed by atoms with Gasteiger partial charge in [-0.2, -0.15) is 0 Å². The molecule has 0 radical (unpaired) electrons. The molecule has 0 fully saturated rings. The molecule has 1 N–H and O–H groups in total. The standard InChI is InChI=1S/C16H19NS/c1-2-15(16-7-4-10-18-16)17-14-9-8-12-5-3-6-13(12)11-14/h4,7-11,15,17H,2-3,5-6H2,1H3. The van der Waals surface area contributed by atoms with Crippen LogP contribution in [0.1, 0.15) is 41.8 Å². The summed E-state index contributed by atoms with van der Waals surface area (Å²) in [6, 6.07) is 11.7.